The van der Waals surface area contributed by atoms with Crippen molar-refractivity contribution in [1.82, 2.24) is 25.8 Å². The van der Waals surface area contributed by atoms with Crippen LogP contribution in [0.2, 0.25) is 0 Å². The standard InChI is InChI=1S/C26H30N6O4/c1-4-36-25(34)19-6-5-7-20(13-19)27-23(33)15-32-26(35)30-10-11-31-22(24(30)29-32)14-21(28-31)18-9-8-16(2)17(3)12-18/h5-13,21-22,24,28-29H,4,14-15H2,1-3H3,(H,27,33). The molecule has 0 aromatic heterocycles. The third kappa shape index (κ3) is 4.52. The van der Waals surface area contributed by atoms with Crippen LogP contribution in [0.25, 0.3) is 0 Å². The fraction of sp³-hybridized carbons (Fsp3) is 0.346. The van der Waals surface area contributed by atoms with Crippen LogP contribution in [0.4, 0.5) is 10.5 Å². The lowest BCUT2D eigenvalue weighted by molar-refractivity contribution is -0.117. The minimum absolute atomic E-state index is 0.000111. The summed E-state index contributed by atoms with van der Waals surface area (Å²) in [6.45, 7) is 6.03. The quantitative estimate of drug-likeness (QED) is 0.535. The second-order valence-electron chi connectivity index (χ2n) is 9.23. The van der Waals surface area contributed by atoms with Crippen molar-refractivity contribution in [2.45, 2.75) is 45.4 Å². The van der Waals surface area contributed by atoms with Crippen LogP contribution >= 0.6 is 0 Å². The number of aryl methyl sites for hydroxylation is 2. The van der Waals surface area contributed by atoms with Crippen molar-refractivity contribution in [3.63, 3.8) is 0 Å². The van der Waals surface area contributed by atoms with Gasteiger partial charge in [-0.05, 0) is 62.1 Å². The second kappa shape index (κ2) is 9.63. The van der Waals surface area contributed by atoms with Crippen LogP contribution in [-0.4, -0.2) is 58.2 Å². The molecule has 3 N–H and O–H groups in total. The smallest absolute Gasteiger partial charge is 0.340 e. The van der Waals surface area contributed by atoms with Crippen LogP contribution in [0, 0.1) is 13.8 Å². The van der Waals surface area contributed by atoms with Crippen LogP contribution in [0.15, 0.2) is 54.9 Å². The van der Waals surface area contributed by atoms with E-state index in [1.54, 1.807) is 42.3 Å². The van der Waals surface area contributed by atoms with E-state index in [2.05, 4.69) is 48.2 Å². The second-order valence-corrected chi connectivity index (χ2v) is 9.23. The molecule has 3 amide bonds. The summed E-state index contributed by atoms with van der Waals surface area (Å²) in [5.41, 5.74) is 11.2. The van der Waals surface area contributed by atoms with Crippen molar-refractivity contribution in [3.8, 4) is 0 Å². The average molecular weight is 491 g/mol. The van der Waals surface area contributed by atoms with Crippen LogP contribution in [0.5, 0.6) is 0 Å². The first-order valence-corrected chi connectivity index (χ1v) is 12.1. The number of amides is 3. The third-order valence-electron chi connectivity index (χ3n) is 6.82. The van der Waals surface area contributed by atoms with Gasteiger partial charge in [0.15, 0.2) is 0 Å². The number of hydrogen-bond acceptors (Lipinski definition) is 7. The molecule has 2 fully saturated rings. The maximum atomic E-state index is 13.0. The number of anilines is 1. The van der Waals surface area contributed by atoms with Crippen LogP contribution < -0.4 is 16.2 Å². The van der Waals surface area contributed by atoms with E-state index in [9.17, 15) is 14.4 Å². The Kier molecular flexibility index (Phi) is 6.38. The number of hydrogen-bond donors (Lipinski definition) is 3. The minimum Gasteiger partial charge on any atom is -0.462 e. The zero-order valence-electron chi connectivity index (χ0n) is 20.5. The van der Waals surface area contributed by atoms with Gasteiger partial charge in [0.2, 0.25) is 5.91 Å². The third-order valence-corrected chi connectivity index (χ3v) is 6.82. The normalized spacial score (nSPS) is 22.5. The molecule has 3 aliphatic rings. The van der Waals surface area contributed by atoms with Gasteiger partial charge in [-0.15, -0.1) is 0 Å². The van der Waals surface area contributed by atoms with E-state index in [1.807, 2.05) is 11.2 Å². The minimum atomic E-state index is -0.456. The van der Waals surface area contributed by atoms with E-state index in [1.165, 1.54) is 21.7 Å². The molecule has 188 valence electrons. The highest BCUT2D eigenvalue weighted by molar-refractivity contribution is 5.96. The lowest BCUT2D eigenvalue weighted by Crippen LogP contribution is -2.54. The molecule has 3 unspecified atom stereocenters. The van der Waals surface area contributed by atoms with E-state index in [0.717, 1.165) is 6.42 Å². The summed E-state index contributed by atoms with van der Waals surface area (Å²) in [5, 5.41) is 6.11. The molecule has 0 aliphatic carbocycles. The number of esters is 1. The van der Waals surface area contributed by atoms with Gasteiger partial charge in [-0.3, -0.25) is 9.69 Å². The molecule has 10 nitrogen and oxygen atoms in total. The summed E-state index contributed by atoms with van der Waals surface area (Å²) in [6.07, 6.45) is 4.10. The number of nitrogens with one attached hydrogen (secondary N) is 3. The molecule has 0 spiro atoms. The first-order chi connectivity index (χ1) is 17.3. The van der Waals surface area contributed by atoms with Crippen molar-refractivity contribution in [2.75, 3.05) is 18.5 Å². The Labute approximate surface area is 209 Å². The summed E-state index contributed by atoms with van der Waals surface area (Å²) in [5.74, 6) is -0.836. The van der Waals surface area contributed by atoms with Gasteiger partial charge in [-0.2, -0.15) is 0 Å². The Bertz CT molecular complexity index is 1230. The summed E-state index contributed by atoms with van der Waals surface area (Å²) in [6, 6.07) is 12.8. The Morgan fingerprint density at radius 2 is 1.92 bits per heavy atom. The van der Waals surface area contributed by atoms with E-state index in [0.29, 0.717) is 11.3 Å². The number of carbonyl (C=O) groups excluding carboxylic acids is 3. The largest absolute Gasteiger partial charge is 0.462 e. The molecule has 2 aromatic rings. The molecule has 0 radical (unpaired) electrons. The van der Waals surface area contributed by atoms with Gasteiger partial charge in [0, 0.05) is 18.1 Å². The highest BCUT2D eigenvalue weighted by Gasteiger charge is 2.48. The van der Waals surface area contributed by atoms with E-state index in [-0.39, 0.29) is 43.3 Å². The molecule has 3 atom stereocenters. The van der Waals surface area contributed by atoms with Crippen LogP contribution in [0.3, 0.4) is 0 Å². The van der Waals surface area contributed by atoms with Gasteiger partial charge in [0.1, 0.15) is 12.7 Å². The van der Waals surface area contributed by atoms with E-state index in [4.69, 9.17) is 4.74 Å². The Morgan fingerprint density at radius 1 is 1.08 bits per heavy atom. The SMILES string of the molecule is CCOC(=O)c1cccc(NC(=O)CN2NC3C4CC(c5ccc(C)c(C)c5)NN4C=CN3C2=O)c1. The number of urea groups is 1. The highest BCUT2D eigenvalue weighted by atomic mass is 16.5. The van der Waals surface area contributed by atoms with Crippen molar-refractivity contribution >= 4 is 23.6 Å². The van der Waals surface area contributed by atoms with Gasteiger partial charge < -0.3 is 15.1 Å². The number of rotatable bonds is 6. The number of ether oxygens (including phenoxy) is 1. The van der Waals surface area contributed by atoms with Crippen LogP contribution in [0.1, 0.15) is 46.4 Å². The molecule has 36 heavy (non-hydrogen) atoms. The molecule has 3 heterocycles. The predicted octanol–water partition coefficient (Wildman–Crippen LogP) is 2.79. The van der Waals surface area contributed by atoms with Crippen molar-refractivity contribution in [2.24, 2.45) is 0 Å². The lowest BCUT2D eigenvalue weighted by atomic mass is 9.97. The van der Waals surface area contributed by atoms with Gasteiger partial charge in [-0.25, -0.2) is 25.4 Å². The fourth-order valence-electron chi connectivity index (χ4n) is 4.81. The fourth-order valence-corrected chi connectivity index (χ4v) is 4.81. The Balaban J connectivity index is 1.23. The number of nitrogens with zero attached hydrogens (tertiary/aromatic N) is 3. The van der Waals surface area contributed by atoms with Crippen molar-refractivity contribution < 1.29 is 19.1 Å². The van der Waals surface area contributed by atoms with Crippen molar-refractivity contribution in [1.29, 1.82) is 0 Å². The van der Waals surface area contributed by atoms with Gasteiger partial charge in [-0.1, -0.05) is 24.3 Å². The van der Waals surface area contributed by atoms with Gasteiger partial charge in [0.25, 0.3) is 0 Å². The number of benzene rings is 2. The Morgan fingerprint density at radius 3 is 2.69 bits per heavy atom. The molecule has 10 heteroatoms. The average Bonchev–Trinajstić information content (AvgIpc) is 3.42. The zero-order valence-corrected chi connectivity index (χ0v) is 20.5. The maximum absolute atomic E-state index is 13.0. The summed E-state index contributed by atoms with van der Waals surface area (Å²) >= 11 is 0. The number of fused-ring (bicyclic) bond motifs is 3. The van der Waals surface area contributed by atoms with E-state index >= 15 is 0 Å². The monoisotopic (exact) mass is 490 g/mol. The van der Waals surface area contributed by atoms with Crippen LogP contribution in [-0.2, 0) is 9.53 Å². The molecule has 0 saturated carbocycles. The first kappa shape index (κ1) is 23.8. The molecule has 3 aliphatic heterocycles. The maximum Gasteiger partial charge on any atom is 0.340 e. The molecular formula is C26H30N6O4. The predicted molar refractivity (Wildman–Crippen MR) is 133 cm³/mol. The number of carbonyl (C=O) groups is 3. The molecular weight excluding hydrogens is 460 g/mol. The number of hydrazine groups is 2. The first-order valence-electron chi connectivity index (χ1n) is 12.1. The Hall–Kier alpha value is -3.89. The highest BCUT2D eigenvalue weighted by Crippen LogP contribution is 2.35. The van der Waals surface area contributed by atoms with E-state index < -0.39 is 5.97 Å². The topological polar surface area (TPSA) is 106 Å². The molecule has 2 aromatic carbocycles. The summed E-state index contributed by atoms with van der Waals surface area (Å²) < 4.78 is 5.01. The summed E-state index contributed by atoms with van der Waals surface area (Å²) in [4.78, 5) is 39.3. The van der Waals surface area contributed by atoms with Gasteiger partial charge in [0.05, 0.1) is 24.3 Å². The van der Waals surface area contributed by atoms with Crippen molar-refractivity contribution in [3.05, 3.63) is 77.1 Å². The molecule has 0 bridgehead atoms. The van der Waals surface area contributed by atoms with Gasteiger partial charge >= 0.3 is 12.0 Å². The molecule has 5 rings (SSSR count). The zero-order chi connectivity index (χ0) is 25.4. The lowest BCUT2D eigenvalue weighted by Gasteiger charge is -2.34. The molecule has 2 saturated heterocycles. The summed E-state index contributed by atoms with van der Waals surface area (Å²) in [7, 11) is 0.